The second kappa shape index (κ2) is 7.90. The van der Waals surface area contributed by atoms with E-state index in [2.05, 4.69) is 34.7 Å². The Balaban J connectivity index is 1.48. The molecule has 0 unspecified atom stereocenters. The molecule has 5 heteroatoms. The summed E-state index contributed by atoms with van der Waals surface area (Å²) in [6.45, 7) is 5.10. The van der Waals surface area contributed by atoms with E-state index in [0.29, 0.717) is 6.42 Å². The molecule has 0 saturated carbocycles. The molecule has 24 heavy (non-hydrogen) atoms. The summed E-state index contributed by atoms with van der Waals surface area (Å²) < 4.78 is 0. The van der Waals surface area contributed by atoms with E-state index >= 15 is 0 Å². The van der Waals surface area contributed by atoms with Crippen LogP contribution in [-0.2, 0) is 17.6 Å². The Hall–Kier alpha value is -1.72. The van der Waals surface area contributed by atoms with Crippen LogP contribution in [0, 0.1) is 5.41 Å². The summed E-state index contributed by atoms with van der Waals surface area (Å²) in [6, 6.07) is 10.3. The summed E-state index contributed by atoms with van der Waals surface area (Å²) in [6.07, 6.45) is 3.44. The zero-order valence-electron chi connectivity index (χ0n) is 14.2. The maximum Gasteiger partial charge on any atom is 0.226 e. The number of aromatic nitrogens is 1. The van der Waals surface area contributed by atoms with Crippen molar-refractivity contribution in [1.29, 1.82) is 0 Å². The van der Waals surface area contributed by atoms with Gasteiger partial charge in [-0.05, 0) is 36.9 Å². The van der Waals surface area contributed by atoms with Gasteiger partial charge in [0.2, 0.25) is 5.91 Å². The van der Waals surface area contributed by atoms with Crippen molar-refractivity contribution in [3.05, 3.63) is 52.0 Å². The van der Waals surface area contributed by atoms with Crippen LogP contribution in [0.15, 0.2) is 35.7 Å². The van der Waals surface area contributed by atoms with E-state index in [0.717, 1.165) is 49.6 Å². The minimum Gasteiger partial charge on any atom is -0.355 e. The van der Waals surface area contributed by atoms with Crippen molar-refractivity contribution in [2.75, 3.05) is 19.6 Å². The molecule has 4 nitrogen and oxygen atoms in total. The zero-order chi connectivity index (χ0) is 16.8. The Labute approximate surface area is 147 Å². The molecule has 1 saturated heterocycles. The van der Waals surface area contributed by atoms with Crippen LogP contribution < -0.4 is 10.6 Å². The molecule has 1 aromatic carbocycles. The summed E-state index contributed by atoms with van der Waals surface area (Å²) in [5.41, 5.74) is 2.35. The van der Waals surface area contributed by atoms with E-state index in [9.17, 15) is 4.79 Å². The van der Waals surface area contributed by atoms with Gasteiger partial charge in [-0.15, -0.1) is 11.3 Å². The Morgan fingerprint density at radius 3 is 2.79 bits per heavy atom. The molecule has 1 aromatic heterocycles. The number of hydrogen-bond donors (Lipinski definition) is 2. The van der Waals surface area contributed by atoms with E-state index in [1.165, 1.54) is 5.56 Å². The number of carbonyl (C=O) groups excluding carboxylic acids is 1. The van der Waals surface area contributed by atoms with E-state index in [1.54, 1.807) is 11.3 Å². The van der Waals surface area contributed by atoms with Gasteiger partial charge < -0.3 is 10.6 Å². The molecule has 0 bridgehead atoms. The first kappa shape index (κ1) is 17.1. The molecule has 0 radical (unpaired) electrons. The van der Waals surface area contributed by atoms with Gasteiger partial charge in [0.15, 0.2) is 0 Å². The lowest BCUT2D eigenvalue weighted by atomic mass is 9.81. The molecular formula is C19H25N3OS. The first-order valence-electron chi connectivity index (χ1n) is 8.58. The van der Waals surface area contributed by atoms with Crippen LogP contribution in [0.3, 0.4) is 0 Å². The lowest BCUT2D eigenvalue weighted by molar-refractivity contribution is -0.121. The third-order valence-electron chi connectivity index (χ3n) is 4.66. The number of benzene rings is 1. The van der Waals surface area contributed by atoms with Crippen molar-refractivity contribution >= 4 is 17.2 Å². The highest BCUT2D eigenvalue weighted by atomic mass is 32.1. The van der Waals surface area contributed by atoms with Crippen molar-refractivity contribution in [2.24, 2.45) is 5.41 Å². The summed E-state index contributed by atoms with van der Waals surface area (Å²) in [4.78, 5) is 16.8. The number of rotatable bonds is 6. The molecule has 1 aliphatic heterocycles. The van der Waals surface area contributed by atoms with Crippen LogP contribution in [0.4, 0.5) is 0 Å². The van der Waals surface area contributed by atoms with Crippen LogP contribution in [0.1, 0.15) is 36.0 Å². The summed E-state index contributed by atoms with van der Waals surface area (Å²) in [7, 11) is 0. The van der Waals surface area contributed by atoms with Gasteiger partial charge in [0, 0.05) is 18.3 Å². The normalized spacial score (nSPS) is 16.7. The molecule has 2 N–H and O–H groups in total. The first-order valence-corrected chi connectivity index (χ1v) is 9.46. The van der Waals surface area contributed by atoms with Crippen LogP contribution in [0.2, 0.25) is 0 Å². The molecule has 1 aliphatic rings. The van der Waals surface area contributed by atoms with Gasteiger partial charge in [-0.3, -0.25) is 4.79 Å². The van der Waals surface area contributed by atoms with Crippen LogP contribution in [-0.4, -0.2) is 30.5 Å². The highest BCUT2D eigenvalue weighted by Crippen LogP contribution is 2.26. The summed E-state index contributed by atoms with van der Waals surface area (Å²) in [5, 5.41) is 9.54. The second-order valence-electron chi connectivity index (χ2n) is 6.91. The zero-order valence-corrected chi connectivity index (χ0v) is 15.0. The number of amides is 1. The van der Waals surface area contributed by atoms with Crippen molar-refractivity contribution in [1.82, 2.24) is 15.6 Å². The van der Waals surface area contributed by atoms with Crippen LogP contribution in [0.25, 0.3) is 0 Å². The van der Waals surface area contributed by atoms with E-state index in [-0.39, 0.29) is 11.3 Å². The smallest absolute Gasteiger partial charge is 0.226 e. The first-order chi connectivity index (χ1) is 11.6. The average Bonchev–Trinajstić information content (AvgIpc) is 3.02. The standard InChI is InChI=1S/C19H25N3OS/c1-19(7-9-20-10-8-19)14-21-17(23)12-16-13-24-18(22-16)11-15-5-3-2-4-6-15/h2-6,13,20H,7-12,14H2,1H3,(H,21,23). The largest absolute Gasteiger partial charge is 0.355 e. The summed E-state index contributed by atoms with van der Waals surface area (Å²) in [5.74, 6) is 0.0753. The maximum absolute atomic E-state index is 12.2. The van der Waals surface area contributed by atoms with Gasteiger partial charge in [-0.1, -0.05) is 37.3 Å². The predicted octanol–water partition coefficient (Wildman–Crippen LogP) is 2.78. The molecular weight excluding hydrogens is 318 g/mol. The van der Waals surface area contributed by atoms with E-state index < -0.39 is 0 Å². The topological polar surface area (TPSA) is 54.0 Å². The molecule has 0 atom stereocenters. The minimum atomic E-state index is 0.0753. The van der Waals surface area contributed by atoms with Gasteiger partial charge in [0.05, 0.1) is 17.1 Å². The van der Waals surface area contributed by atoms with Gasteiger partial charge >= 0.3 is 0 Å². The Morgan fingerprint density at radius 1 is 1.29 bits per heavy atom. The molecule has 3 rings (SSSR count). The monoisotopic (exact) mass is 343 g/mol. The lowest BCUT2D eigenvalue weighted by Gasteiger charge is -2.34. The molecule has 128 valence electrons. The number of carbonyl (C=O) groups is 1. The number of hydrogen-bond acceptors (Lipinski definition) is 4. The highest BCUT2D eigenvalue weighted by molar-refractivity contribution is 7.09. The third-order valence-corrected chi connectivity index (χ3v) is 5.56. The Bertz CT molecular complexity index is 662. The number of piperidine rings is 1. The van der Waals surface area contributed by atoms with Crippen molar-refractivity contribution in [2.45, 2.75) is 32.6 Å². The number of nitrogens with zero attached hydrogens (tertiary/aromatic N) is 1. The summed E-state index contributed by atoms with van der Waals surface area (Å²) >= 11 is 1.63. The Kier molecular flexibility index (Phi) is 5.63. The fourth-order valence-electron chi connectivity index (χ4n) is 3.03. The van der Waals surface area contributed by atoms with Gasteiger partial charge in [0.1, 0.15) is 0 Å². The second-order valence-corrected chi connectivity index (χ2v) is 7.85. The van der Waals surface area contributed by atoms with E-state index in [4.69, 9.17) is 0 Å². The molecule has 0 aliphatic carbocycles. The van der Waals surface area contributed by atoms with Crippen molar-refractivity contribution in [3.8, 4) is 0 Å². The molecule has 1 amide bonds. The molecule has 2 heterocycles. The SMILES string of the molecule is CC1(CNC(=O)Cc2csc(Cc3ccccc3)n2)CCNCC1. The quantitative estimate of drug-likeness (QED) is 0.848. The van der Waals surface area contributed by atoms with Crippen molar-refractivity contribution < 1.29 is 4.79 Å². The Morgan fingerprint density at radius 2 is 2.04 bits per heavy atom. The minimum absolute atomic E-state index is 0.0753. The molecule has 0 spiro atoms. The van der Waals surface area contributed by atoms with Gasteiger partial charge in [0.25, 0.3) is 0 Å². The number of thiazole rings is 1. The van der Waals surface area contributed by atoms with Crippen molar-refractivity contribution in [3.63, 3.8) is 0 Å². The van der Waals surface area contributed by atoms with Crippen LogP contribution in [0.5, 0.6) is 0 Å². The lowest BCUT2D eigenvalue weighted by Crippen LogP contribution is -2.43. The average molecular weight is 343 g/mol. The molecule has 2 aromatic rings. The fourth-order valence-corrected chi connectivity index (χ4v) is 3.86. The van der Waals surface area contributed by atoms with Gasteiger partial charge in [-0.2, -0.15) is 0 Å². The number of nitrogens with one attached hydrogen (secondary N) is 2. The predicted molar refractivity (Wildman–Crippen MR) is 98.3 cm³/mol. The molecule has 1 fully saturated rings. The van der Waals surface area contributed by atoms with Gasteiger partial charge in [-0.25, -0.2) is 4.98 Å². The van der Waals surface area contributed by atoms with E-state index in [1.807, 2.05) is 23.6 Å². The fraction of sp³-hybridized carbons (Fsp3) is 0.474. The van der Waals surface area contributed by atoms with Crippen LogP contribution >= 0.6 is 11.3 Å². The maximum atomic E-state index is 12.2. The highest BCUT2D eigenvalue weighted by Gasteiger charge is 2.27. The third kappa shape index (κ3) is 4.89.